The maximum atomic E-state index is 12.1. The summed E-state index contributed by atoms with van der Waals surface area (Å²) in [5.41, 5.74) is 8.53. The third-order valence-corrected chi connectivity index (χ3v) is 4.12. The fourth-order valence-corrected chi connectivity index (χ4v) is 2.62. The van der Waals surface area contributed by atoms with Crippen LogP contribution in [0.1, 0.15) is 32.3 Å². The number of nitrogens with one attached hydrogen (secondary N) is 1. The molecule has 1 amide bonds. The van der Waals surface area contributed by atoms with E-state index in [2.05, 4.69) is 17.4 Å². The molecule has 4 nitrogen and oxygen atoms in total. The predicted octanol–water partition coefficient (Wildman–Crippen LogP) is 3.50. The van der Waals surface area contributed by atoms with E-state index in [1.54, 1.807) is 14.0 Å². The number of nitrogens with two attached hydrogens (primary N) is 1. The van der Waals surface area contributed by atoms with Crippen molar-refractivity contribution in [2.45, 2.75) is 38.8 Å². The molecular formula is C20H26N2O2. The van der Waals surface area contributed by atoms with Crippen molar-refractivity contribution in [2.75, 3.05) is 7.11 Å². The van der Waals surface area contributed by atoms with Gasteiger partial charge in [-0.1, -0.05) is 49.7 Å². The number of hydrogen-bond donors (Lipinski definition) is 2. The molecule has 128 valence electrons. The highest BCUT2D eigenvalue weighted by molar-refractivity contribution is 5.85. The Balaban J connectivity index is 1.98. The predicted molar refractivity (Wildman–Crippen MR) is 97.8 cm³/mol. The summed E-state index contributed by atoms with van der Waals surface area (Å²) in [6, 6.07) is 16.1. The van der Waals surface area contributed by atoms with Gasteiger partial charge in [0.15, 0.2) is 0 Å². The summed E-state index contributed by atoms with van der Waals surface area (Å²) in [5, 5.41) is 2.92. The highest BCUT2D eigenvalue weighted by Gasteiger charge is 2.26. The van der Waals surface area contributed by atoms with E-state index in [1.807, 2.05) is 43.3 Å². The standard InChI is InChI=1S/C20H26N2O2/c1-4-13-20(2,21)19(23)22-14-15-5-7-16(8-6-15)17-9-11-18(24-3)12-10-17/h5-12H,4,13-14,21H2,1-3H3,(H,22,23). The highest BCUT2D eigenvalue weighted by atomic mass is 16.5. The van der Waals surface area contributed by atoms with E-state index in [9.17, 15) is 4.79 Å². The van der Waals surface area contributed by atoms with Crippen LogP contribution in [0.15, 0.2) is 48.5 Å². The SMILES string of the molecule is CCCC(C)(N)C(=O)NCc1ccc(-c2ccc(OC)cc2)cc1. The molecule has 0 spiro atoms. The normalized spacial score (nSPS) is 13.2. The summed E-state index contributed by atoms with van der Waals surface area (Å²) in [5.74, 6) is 0.735. The Morgan fingerprint density at radius 2 is 1.62 bits per heavy atom. The van der Waals surface area contributed by atoms with Crippen LogP contribution < -0.4 is 15.8 Å². The minimum atomic E-state index is -0.808. The zero-order chi connectivity index (χ0) is 17.6. The minimum Gasteiger partial charge on any atom is -0.497 e. The molecular weight excluding hydrogens is 300 g/mol. The van der Waals surface area contributed by atoms with E-state index in [-0.39, 0.29) is 5.91 Å². The summed E-state index contributed by atoms with van der Waals surface area (Å²) in [6.07, 6.45) is 1.56. The topological polar surface area (TPSA) is 64.4 Å². The Kier molecular flexibility index (Phi) is 5.99. The Labute approximate surface area is 144 Å². The van der Waals surface area contributed by atoms with E-state index < -0.39 is 5.54 Å². The Hall–Kier alpha value is -2.33. The number of methoxy groups -OCH3 is 1. The summed E-state index contributed by atoms with van der Waals surface area (Å²) >= 11 is 0. The maximum absolute atomic E-state index is 12.1. The van der Waals surface area contributed by atoms with Gasteiger partial charge in [-0.3, -0.25) is 4.79 Å². The van der Waals surface area contributed by atoms with Crippen LogP contribution in [0, 0.1) is 0 Å². The van der Waals surface area contributed by atoms with E-state index in [1.165, 1.54) is 0 Å². The zero-order valence-electron chi connectivity index (χ0n) is 14.6. The van der Waals surface area contributed by atoms with Crippen molar-refractivity contribution < 1.29 is 9.53 Å². The van der Waals surface area contributed by atoms with Crippen LogP contribution >= 0.6 is 0 Å². The molecule has 0 saturated carbocycles. The van der Waals surface area contributed by atoms with E-state index in [4.69, 9.17) is 10.5 Å². The minimum absolute atomic E-state index is 0.108. The number of carbonyl (C=O) groups is 1. The molecule has 0 saturated heterocycles. The summed E-state index contributed by atoms with van der Waals surface area (Å²) in [7, 11) is 1.66. The molecule has 0 fully saturated rings. The maximum Gasteiger partial charge on any atom is 0.240 e. The highest BCUT2D eigenvalue weighted by Crippen LogP contribution is 2.22. The first kappa shape index (κ1) is 18.0. The first-order valence-electron chi connectivity index (χ1n) is 8.27. The lowest BCUT2D eigenvalue weighted by molar-refractivity contribution is -0.126. The first-order valence-corrected chi connectivity index (χ1v) is 8.27. The number of benzene rings is 2. The van der Waals surface area contributed by atoms with Gasteiger partial charge in [0.2, 0.25) is 5.91 Å². The molecule has 0 radical (unpaired) electrons. The Morgan fingerprint density at radius 3 is 2.12 bits per heavy atom. The third kappa shape index (κ3) is 4.59. The van der Waals surface area contributed by atoms with E-state index >= 15 is 0 Å². The lowest BCUT2D eigenvalue weighted by Crippen LogP contribution is -2.51. The van der Waals surface area contributed by atoms with Gasteiger partial charge in [0, 0.05) is 6.54 Å². The van der Waals surface area contributed by atoms with Crippen molar-refractivity contribution in [1.82, 2.24) is 5.32 Å². The third-order valence-electron chi connectivity index (χ3n) is 4.12. The number of carbonyl (C=O) groups excluding carboxylic acids is 1. The molecule has 2 aromatic rings. The van der Waals surface area contributed by atoms with Crippen LogP contribution in [0.3, 0.4) is 0 Å². The molecule has 0 heterocycles. The van der Waals surface area contributed by atoms with E-state index in [0.717, 1.165) is 28.9 Å². The molecule has 2 aromatic carbocycles. The molecule has 24 heavy (non-hydrogen) atoms. The van der Waals surface area contributed by atoms with Crippen LogP contribution in [-0.4, -0.2) is 18.6 Å². The van der Waals surface area contributed by atoms with Crippen LogP contribution in [0.25, 0.3) is 11.1 Å². The van der Waals surface area contributed by atoms with Crippen molar-refractivity contribution in [1.29, 1.82) is 0 Å². The van der Waals surface area contributed by atoms with Gasteiger partial charge in [-0.2, -0.15) is 0 Å². The van der Waals surface area contributed by atoms with Crippen molar-refractivity contribution in [3.05, 3.63) is 54.1 Å². The van der Waals surface area contributed by atoms with Gasteiger partial charge in [-0.05, 0) is 42.2 Å². The number of hydrogen-bond acceptors (Lipinski definition) is 3. The van der Waals surface area contributed by atoms with Crippen molar-refractivity contribution in [3.63, 3.8) is 0 Å². The smallest absolute Gasteiger partial charge is 0.240 e. The van der Waals surface area contributed by atoms with Gasteiger partial charge >= 0.3 is 0 Å². The van der Waals surface area contributed by atoms with Crippen LogP contribution in [0.5, 0.6) is 5.75 Å². The monoisotopic (exact) mass is 326 g/mol. The molecule has 0 bridgehead atoms. The molecule has 0 aromatic heterocycles. The second kappa shape index (κ2) is 7.97. The van der Waals surface area contributed by atoms with Crippen LogP contribution in [-0.2, 0) is 11.3 Å². The summed E-state index contributed by atoms with van der Waals surface area (Å²) in [6.45, 7) is 4.28. The van der Waals surface area contributed by atoms with Gasteiger partial charge in [0.25, 0.3) is 0 Å². The van der Waals surface area contributed by atoms with Gasteiger partial charge in [0.05, 0.1) is 12.6 Å². The van der Waals surface area contributed by atoms with Crippen molar-refractivity contribution >= 4 is 5.91 Å². The molecule has 1 atom stereocenters. The first-order chi connectivity index (χ1) is 11.5. The molecule has 2 rings (SSSR count). The fraction of sp³-hybridized carbons (Fsp3) is 0.350. The Morgan fingerprint density at radius 1 is 1.08 bits per heavy atom. The fourth-order valence-electron chi connectivity index (χ4n) is 2.62. The molecule has 0 aliphatic carbocycles. The largest absolute Gasteiger partial charge is 0.497 e. The summed E-state index contributed by atoms with van der Waals surface area (Å²) in [4.78, 5) is 12.1. The van der Waals surface area contributed by atoms with Gasteiger partial charge in [-0.25, -0.2) is 0 Å². The van der Waals surface area contributed by atoms with Gasteiger partial charge in [0.1, 0.15) is 5.75 Å². The van der Waals surface area contributed by atoms with E-state index in [0.29, 0.717) is 13.0 Å². The molecule has 0 aliphatic rings. The summed E-state index contributed by atoms with van der Waals surface area (Å²) < 4.78 is 5.17. The second-order valence-corrected chi connectivity index (χ2v) is 6.28. The van der Waals surface area contributed by atoms with Gasteiger partial charge < -0.3 is 15.8 Å². The quantitative estimate of drug-likeness (QED) is 0.818. The average molecular weight is 326 g/mol. The zero-order valence-corrected chi connectivity index (χ0v) is 14.6. The lowest BCUT2D eigenvalue weighted by atomic mass is 9.96. The number of ether oxygens (including phenoxy) is 1. The molecule has 4 heteroatoms. The van der Waals surface area contributed by atoms with Crippen LogP contribution in [0.4, 0.5) is 0 Å². The molecule has 0 aliphatic heterocycles. The van der Waals surface area contributed by atoms with Crippen LogP contribution in [0.2, 0.25) is 0 Å². The second-order valence-electron chi connectivity index (χ2n) is 6.28. The molecule has 1 unspecified atom stereocenters. The lowest BCUT2D eigenvalue weighted by Gasteiger charge is -2.22. The van der Waals surface area contributed by atoms with Gasteiger partial charge in [-0.15, -0.1) is 0 Å². The molecule has 3 N–H and O–H groups in total. The number of rotatable bonds is 7. The van der Waals surface area contributed by atoms with Crippen molar-refractivity contribution in [2.24, 2.45) is 5.73 Å². The average Bonchev–Trinajstić information content (AvgIpc) is 2.60. The Bertz CT molecular complexity index is 661. The number of amides is 1. The van der Waals surface area contributed by atoms with Crippen molar-refractivity contribution in [3.8, 4) is 16.9 Å².